The fraction of sp³-hybridized carbons (Fsp3) is 0.423. The van der Waals surface area contributed by atoms with Gasteiger partial charge in [0.05, 0.1) is 36.8 Å². The van der Waals surface area contributed by atoms with E-state index in [9.17, 15) is 19.2 Å². The van der Waals surface area contributed by atoms with E-state index >= 15 is 0 Å². The summed E-state index contributed by atoms with van der Waals surface area (Å²) < 4.78 is 20.0. The lowest BCUT2D eigenvalue weighted by molar-refractivity contribution is -0.131. The molecule has 2 unspecified atom stereocenters. The minimum atomic E-state index is -1.06. The number of methoxy groups -OCH3 is 1. The summed E-state index contributed by atoms with van der Waals surface area (Å²) in [5.74, 6) is -1.52. The van der Waals surface area contributed by atoms with Gasteiger partial charge in [0.1, 0.15) is 5.69 Å². The van der Waals surface area contributed by atoms with Crippen LogP contribution in [-0.2, 0) is 27.8 Å². The van der Waals surface area contributed by atoms with Crippen molar-refractivity contribution in [2.24, 2.45) is 0 Å². The lowest BCUT2D eigenvalue weighted by Gasteiger charge is -2.44. The van der Waals surface area contributed by atoms with Crippen LogP contribution in [0.4, 0.5) is 15.9 Å². The van der Waals surface area contributed by atoms with Gasteiger partial charge in [-0.15, -0.1) is 0 Å². The van der Waals surface area contributed by atoms with E-state index < -0.39 is 23.2 Å². The number of nitrogens with one attached hydrogen (secondary N) is 1. The van der Waals surface area contributed by atoms with Gasteiger partial charge >= 0.3 is 6.01 Å². The molecule has 2 aliphatic heterocycles. The molecule has 37 heavy (non-hydrogen) atoms. The van der Waals surface area contributed by atoms with Crippen LogP contribution in [-0.4, -0.2) is 59.5 Å². The van der Waals surface area contributed by atoms with Crippen molar-refractivity contribution >= 4 is 39.2 Å². The molecule has 1 fully saturated rings. The normalized spacial score (nSPS) is 22.5. The molecule has 1 aromatic carbocycles. The Kier molecular flexibility index (Phi) is 6.62. The highest BCUT2D eigenvalue weighted by Gasteiger charge is 2.48. The molecule has 11 heteroatoms. The predicted octanol–water partition coefficient (Wildman–Crippen LogP) is 3.43. The number of amides is 2. The van der Waals surface area contributed by atoms with E-state index in [4.69, 9.17) is 4.74 Å². The summed E-state index contributed by atoms with van der Waals surface area (Å²) in [6.45, 7) is 3.84. The summed E-state index contributed by atoms with van der Waals surface area (Å²) in [5.41, 5.74) is 2.56. The summed E-state index contributed by atoms with van der Waals surface area (Å²) in [6, 6.07) is 7.64. The van der Waals surface area contributed by atoms with Gasteiger partial charge in [-0.2, -0.15) is 15.2 Å². The molecule has 0 bridgehead atoms. The van der Waals surface area contributed by atoms with Crippen molar-refractivity contribution in [3.8, 4) is 12.1 Å². The number of ether oxygens (including phenoxy) is 1. The van der Waals surface area contributed by atoms with E-state index in [-0.39, 0.29) is 31.4 Å². The van der Waals surface area contributed by atoms with Gasteiger partial charge in [0.25, 0.3) is 5.91 Å². The fourth-order valence-corrected chi connectivity index (χ4v) is 6.34. The van der Waals surface area contributed by atoms with Crippen molar-refractivity contribution in [1.29, 1.82) is 5.26 Å². The molecular formula is C26H26BrFN6O3. The largest absolute Gasteiger partial charge is 0.467 e. The van der Waals surface area contributed by atoms with E-state index in [2.05, 4.69) is 43.9 Å². The Morgan fingerprint density at radius 2 is 2.22 bits per heavy atom. The molecule has 1 spiro atoms. The number of nitriles is 1. The molecule has 1 aromatic heterocycles. The van der Waals surface area contributed by atoms with E-state index in [1.165, 1.54) is 12.0 Å². The van der Waals surface area contributed by atoms with Crippen molar-refractivity contribution in [1.82, 2.24) is 14.9 Å². The Hall–Kier alpha value is -3.52. The molecule has 0 saturated carbocycles. The van der Waals surface area contributed by atoms with Gasteiger partial charge in [-0.05, 0) is 36.5 Å². The Labute approximate surface area is 222 Å². The van der Waals surface area contributed by atoms with E-state index in [0.717, 1.165) is 28.4 Å². The molecule has 2 aromatic rings. The summed E-state index contributed by atoms with van der Waals surface area (Å²) in [5, 5.41) is 12.4. The van der Waals surface area contributed by atoms with Crippen molar-refractivity contribution in [2.75, 3.05) is 37.0 Å². The third kappa shape index (κ3) is 4.23. The van der Waals surface area contributed by atoms with Crippen LogP contribution in [0.5, 0.6) is 6.01 Å². The van der Waals surface area contributed by atoms with Crippen LogP contribution < -0.4 is 15.0 Å². The molecule has 3 aliphatic rings. The second-order valence-electron chi connectivity index (χ2n) is 9.55. The van der Waals surface area contributed by atoms with Gasteiger partial charge in [-0.25, -0.2) is 4.39 Å². The molecule has 1 saturated heterocycles. The molecule has 1 N–H and O–H groups in total. The highest BCUT2D eigenvalue weighted by molar-refractivity contribution is 9.10. The number of anilines is 2. The van der Waals surface area contributed by atoms with E-state index in [0.29, 0.717) is 36.6 Å². The Balaban J connectivity index is 1.54. The summed E-state index contributed by atoms with van der Waals surface area (Å²) in [6.07, 6.45) is 2.87. The maximum atomic E-state index is 13.8. The zero-order valence-electron chi connectivity index (χ0n) is 20.4. The maximum Gasteiger partial charge on any atom is 0.318 e. The number of fused-ring (bicyclic) bond motifs is 3. The van der Waals surface area contributed by atoms with Gasteiger partial charge in [0, 0.05) is 30.5 Å². The van der Waals surface area contributed by atoms with Crippen LogP contribution in [0.2, 0.25) is 0 Å². The number of hydrogen-bond donors (Lipinski definition) is 1. The average Bonchev–Trinajstić information content (AvgIpc) is 2.89. The van der Waals surface area contributed by atoms with Gasteiger partial charge in [0.2, 0.25) is 5.91 Å². The van der Waals surface area contributed by atoms with Gasteiger partial charge in [0.15, 0.2) is 11.6 Å². The SMILES string of the molecule is C=C(F)C(=O)N1CCN(c2nc(OC)nc3c2NC(=O)C2(CCCc4c(Br)cccc42)C3)CC1CC#N. The van der Waals surface area contributed by atoms with Crippen molar-refractivity contribution in [2.45, 2.75) is 43.6 Å². The second kappa shape index (κ2) is 9.74. The summed E-state index contributed by atoms with van der Waals surface area (Å²) >= 11 is 3.65. The van der Waals surface area contributed by atoms with Crippen LogP contribution in [0, 0.1) is 11.3 Å². The molecule has 3 heterocycles. The number of rotatable bonds is 4. The van der Waals surface area contributed by atoms with Crippen LogP contribution in [0.25, 0.3) is 0 Å². The topological polar surface area (TPSA) is 111 Å². The molecule has 1 aliphatic carbocycles. The lowest BCUT2D eigenvalue weighted by Crippen LogP contribution is -2.56. The lowest BCUT2D eigenvalue weighted by atomic mass is 9.65. The third-order valence-electron chi connectivity index (χ3n) is 7.54. The van der Waals surface area contributed by atoms with Crippen molar-refractivity contribution in [3.05, 3.63) is 51.9 Å². The summed E-state index contributed by atoms with van der Waals surface area (Å²) in [4.78, 5) is 38.5. The number of piperazine rings is 1. The van der Waals surface area contributed by atoms with Crippen molar-refractivity contribution in [3.63, 3.8) is 0 Å². The first-order chi connectivity index (χ1) is 17.8. The highest BCUT2D eigenvalue weighted by atomic mass is 79.9. The molecule has 5 rings (SSSR count). The first-order valence-electron chi connectivity index (χ1n) is 12.1. The van der Waals surface area contributed by atoms with E-state index in [1.807, 2.05) is 23.1 Å². The quantitative estimate of drug-likeness (QED) is 0.562. The fourth-order valence-electron chi connectivity index (χ4n) is 5.78. The van der Waals surface area contributed by atoms with Crippen LogP contribution in [0.1, 0.15) is 36.1 Å². The average molecular weight is 569 g/mol. The predicted molar refractivity (Wildman–Crippen MR) is 138 cm³/mol. The molecule has 0 radical (unpaired) electrons. The minimum absolute atomic E-state index is 0.0149. The number of halogens is 2. The standard InChI is InChI=1S/C26H26BrFN6O3/c1-15(28)23(35)34-12-11-33(14-16(34)8-10-29)22-21-20(30-25(32-22)37-2)13-26(24(36)31-21)9-4-5-17-18(26)6-3-7-19(17)27/h3,6-7,16H,1,4-5,8-9,11-14H2,2H3,(H,31,36). The zero-order chi connectivity index (χ0) is 26.3. The first kappa shape index (κ1) is 25.1. The number of hydrogen-bond acceptors (Lipinski definition) is 7. The monoisotopic (exact) mass is 568 g/mol. The number of carbonyl (C=O) groups excluding carboxylic acids is 2. The Bertz CT molecular complexity index is 1340. The van der Waals surface area contributed by atoms with E-state index in [1.54, 1.807) is 0 Å². The number of carbonyl (C=O) groups is 2. The highest BCUT2D eigenvalue weighted by Crippen LogP contribution is 2.47. The van der Waals surface area contributed by atoms with Gasteiger partial charge in [-0.3, -0.25) is 9.59 Å². The Morgan fingerprint density at radius 3 is 2.95 bits per heavy atom. The zero-order valence-corrected chi connectivity index (χ0v) is 22.0. The smallest absolute Gasteiger partial charge is 0.318 e. The minimum Gasteiger partial charge on any atom is -0.467 e. The van der Waals surface area contributed by atoms with Crippen LogP contribution in [0.15, 0.2) is 35.1 Å². The first-order valence-corrected chi connectivity index (χ1v) is 12.9. The van der Waals surface area contributed by atoms with Crippen molar-refractivity contribution < 1.29 is 18.7 Å². The molecule has 2 atom stereocenters. The third-order valence-corrected chi connectivity index (χ3v) is 8.28. The van der Waals surface area contributed by atoms with Gasteiger partial charge in [-0.1, -0.05) is 34.6 Å². The van der Waals surface area contributed by atoms with Gasteiger partial charge < -0.3 is 19.9 Å². The number of aromatic nitrogens is 2. The van der Waals surface area contributed by atoms with Crippen LogP contribution >= 0.6 is 15.9 Å². The molecule has 192 valence electrons. The Morgan fingerprint density at radius 1 is 1.41 bits per heavy atom. The molecule has 9 nitrogen and oxygen atoms in total. The molecular weight excluding hydrogens is 543 g/mol. The second-order valence-corrected chi connectivity index (χ2v) is 10.4. The molecule has 2 amide bonds. The number of benzene rings is 1. The summed E-state index contributed by atoms with van der Waals surface area (Å²) in [7, 11) is 1.48. The maximum absolute atomic E-state index is 13.8. The number of nitrogens with zero attached hydrogens (tertiary/aromatic N) is 5. The van der Waals surface area contributed by atoms with Crippen LogP contribution in [0.3, 0.4) is 0 Å².